The van der Waals surface area contributed by atoms with Crippen molar-refractivity contribution in [1.29, 1.82) is 0 Å². The first-order valence-corrected chi connectivity index (χ1v) is 2.35. The van der Waals surface area contributed by atoms with Crippen molar-refractivity contribution in [2.75, 3.05) is 0 Å². The molecule has 0 spiro atoms. The molecule has 0 rings (SSSR count). The number of hydrogen-bond acceptors (Lipinski definition) is 1. The Morgan fingerprint density at radius 2 is 1.25 bits per heavy atom. The number of hydrogen-bond donors (Lipinski definition) is 3. The molecule has 43 valence electrons. The van der Waals surface area contributed by atoms with Crippen LogP contribution in [0.4, 0.5) is 0 Å². The molecule has 0 aliphatic heterocycles. The third-order valence-electron chi connectivity index (χ3n) is 0. The van der Waals surface area contributed by atoms with Crippen LogP contribution in [0.2, 0.25) is 0 Å². The molecule has 0 atom stereocenters. The summed E-state index contributed by atoms with van der Waals surface area (Å²) in [6, 6.07) is 0. The van der Waals surface area contributed by atoms with E-state index in [1.54, 1.807) is 0 Å². The molecule has 0 aliphatic carbocycles. The van der Waals surface area contributed by atoms with E-state index < -0.39 is 7.82 Å². The van der Waals surface area contributed by atoms with Gasteiger partial charge in [0, 0.05) is 18.6 Å². The smallest absolute Gasteiger partial charge is 1.00 e. The molecule has 0 saturated carbocycles. The van der Waals surface area contributed by atoms with Gasteiger partial charge >= 0.3 is 64.4 Å². The summed E-state index contributed by atoms with van der Waals surface area (Å²) in [6.07, 6.45) is 0. The van der Waals surface area contributed by atoms with Gasteiger partial charge in [0.15, 0.2) is 0 Å². The first kappa shape index (κ1) is 22.4. The minimum absolute atomic E-state index is 0. The Balaban J connectivity index is -0.00000000533. The Morgan fingerprint density at radius 1 is 1.25 bits per heavy atom. The predicted molar refractivity (Wildman–Crippen MR) is 23.4 cm³/mol. The van der Waals surface area contributed by atoms with Gasteiger partial charge in [0.2, 0.25) is 0 Å². The molecule has 8 heteroatoms. The van der Waals surface area contributed by atoms with Crippen LogP contribution < -0.4 is 18.9 Å². The topological polar surface area (TPSA) is 77.8 Å². The van der Waals surface area contributed by atoms with E-state index in [0.717, 1.165) is 0 Å². The molecule has 0 aromatic rings. The van der Waals surface area contributed by atoms with E-state index in [2.05, 4.69) is 0 Å². The second-order valence-corrected chi connectivity index (χ2v) is 1.54. The van der Waals surface area contributed by atoms with E-state index in [-0.39, 0.29) is 79.4 Å². The third kappa shape index (κ3) is 74.9. The Morgan fingerprint density at radius 3 is 1.25 bits per heavy atom. The summed E-state index contributed by atoms with van der Waals surface area (Å²) in [7, 11) is -4.64. The summed E-state index contributed by atoms with van der Waals surface area (Å²) in [5, 5.41) is 0. The van der Waals surface area contributed by atoms with Gasteiger partial charge in [0.25, 0.3) is 0 Å². The molecule has 8 heavy (non-hydrogen) atoms. The van der Waals surface area contributed by atoms with Crippen molar-refractivity contribution in [3.63, 3.8) is 0 Å². The zero-order valence-electron chi connectivity index (χ0n) is 7.35. The Kier molecular flexibility index (Phi) is 26.8. The predicted octanol–water partition coefficient (Wildman–Crippen LogP) is -3.97. The maximum atomic E-state index is 8.88. The Labute approximate surface area is 105 Å². The van der Waals surface area contributed by atoms with Gasteiger partial charge in [-0.15, -0.1) is 0 Å². The van der Waals surface area contributed by atoms with Crippen molar-refractivity contribution >= 4 is 45.6 Å². The summed E-state index contributed by atoms with van der Waals surface area (Å²) in [6.45, 7) is 0. The average molecular weight is 199 g/mol. The van der Waals surface area contributed by atoms with Crippen molar-refractivity contribution in [2.24, 2.45) is 0 Å². The fraction of sp³-hybridized carbons (Fsp3) is 0. The molecular formula is H6CaLiO4PV. The van der Waals surface area contributed by atoms with E-state index in [0.29, 0.717) is 0 Å². The minimum Gasteiger partial charge on any atom is -1.00 e. The maximum absolute atomic E-state index is 8.88. The summed E-state index contributed by atoms with van der Waals surface area (Å²) in [4.78, 5) is 21.6. The molecule has 3 N–H and O–H groups in total. The van der Waals surface area contributed by atoms with E-state index >= 15 is 0 Å². The SMILES string of the molecule is O=P(O)(O)O.[Ca+2].[H-].[H-].[H-].[Li+].[V]. The molecular weight excluding hydrogens is 193 g/mol. The first-order chi connectivity index (χ1) is 2.00. The first-order valence-electron chi connectivity index (χ1n) is 0.783. The van der Waals surface area contributed by atoms with Crippen LogP contribution in [0.5, 0.6) is 0 Å². The molecule has 0 amide bonds. The van der Waals surface area contributed by atoms with Crippen molar-refractivity contribution < 1.29 is 60.9 Å². The maximum Gasteiger partial charge on any atom is 2.00 e. The third-order valence-corrected chi connectivity index (χ3v) is 0. The summed E-state index contributed by atoms with van der Waals surface area (Å²) < 4.78 is 8.88. The summed E-state index contributed by atoms with van der Waals surface area (Å²) in [5.41, 5.74) is 0. The van der Waals surface area contributed by atoms with Crippen LogP contribution in [0.1, 0.15) is 4.28 Å². The van der Waals surface area contributed by atoms with Crippen molar-refractivity contribution in [2.45, 2.75) is 0 Å². The molecule has 0 aromatic heterocycles. The quantitative estimate of drug-likeness (QED) is 0.274. The number of phosphoric acid groups is 1. The molecule has 1 radical (unpaired) electrons. The minimum atomic E-state index is -4.64. The van der Waals surface area contributed by atoms with Gasteiger partial charge in [-0.05, 0) is 0 Å². The standard InChI is InChI=1S/Ca.Li.H3O4P.V.3H/c;;1-5(2,3)4;;;;/h;;(H3,1,2,3,4);;;;/q+2;+1;;;3*-1. The van der Waals surface area contributed by atoms with Gasteiger partial charge in [0.05, 0.1) is 0 Å². The van der Waals surface area contributed by atoms with Gasteiger partial charge in [-0.25, -0.2) is 4.57 Å². The molecule has 0 fully saturated rings. The summed E-state index contributed by atoms with van der Waals surface area (Å²) >= 11 is 0. The van der Waals surface area contributed by atoms with Crippen LogP contribution in [-0.2, 0) is 23.1 Å². The average Bonchev–Trinajstić information content (AvgIpc) is 0.722. The van der Waals surface area contributed by atoms with E-state index in [9.17, 15) is 0 Å². The normalized spacial score (nSPS) is 7.38. The van der Waals surface area contributed by atoms with Crippen LogP contribution in [0.15, 0.2) is 0 Å². The van der Waals surface area contributed by atoms with E-state index in [1.165, 1.54) is 0 Å². The zero-order valence-corrected chi connectivity index (χ0v) is 8.85. The number of rotatable bonds is 0. The van der Waals surface area contributed by atoms with Gasteiger partial charge in [-0.1, -0.05) is 0 Å². The molecule has 0 unspecified atom stereocenters. The van der Waals surface area contributed by atoms with E-state index in [1.807, 2.05) is 0 Å². The molecule has 4 nitrogen and oxygen atoms in total. The summed E-state index contributed by atoms with van der Waals surface area (Å²) in [5.74, 6) is 0. The van der Waals surface area contributed by atoms with Gasteiger partial charge in [-0.3, -0.25) is 0 Å². The van der Waals surface area contributed by atoms with E-state index in [4.69, 9.17) is 19.2 Å². The van der Waals surface area contributed by atoms with Crippen LogP contribution >= 0.6 is 7.82 Å². The van der Waals surface area contributed by atoms with Crippen molar-refractivity contribution in [1.82, 2.24) is 0 Å². The largest absolute Gasteiger partial charge is 2.00 e. The monoisotopic (exact) mass is 199 g/mol. The molecule has 0 saturated heterocycles. The molecule has 0 bridgehead atoms. The fourth-order valence-corrected chi connectivity index (χ4v) is 0. The second kappa shape index (κ2) is 9.55. The molecule has 0 aromatic carbocycles. The van der Waals surface area contributed by atoms with Crippen molar-refractivity contribution in [3.8, 4) is 0 Å². The van der Waals surface area contributed by atoms with Crippen LogP contribution in [-0.4, -0.2) is 52.4 Å². The fourth-order valence-electron chi connectivity index (χ4n) is 0. The Bertz CT molecular complexity index is 71.5. The van der Waals surface area contributed by atoms with Crippen molar-refractivity contribution in [3.05, 3.63) is 0 Å². The Hall–Kier alpha value is 2.55. The molecule has 0 heterocycles. The van der Waals surface area contributed by atoms with Crippen LogP contribution in [0.25, 0.3) is 0 Å². The van der Waals surface area contributed by atoms with Gasteiger partial charge < -0.3 is 19.0 Å². The van der Waals surface area contributed by atoms with Crippen LogP contribution in [0, 0.1) is 0 Å². The second-order valence-electron chi connectivity index (χ2n) is 0.513. The zero-order chi connectivity index (χ0) is 4.50. The van der Waals surface area contributed by atoms with Crippen LogP contribution in [0.3, 0.4) is 0 Å². The van der Waals surface area contributed by atoms with Gasteiger partial charge in [-0.2, -0.15) is 0 Å². The molecule has 0 aliphatic rings. The van der Waals surface area contributed by atoms with Gasteiger partial charge in [0.1, 0.15) is 0 Å².